The first kappa shape index (κ1) is 31.1. The topological polar surface area (TPSA) is 135 Å². The van der Waals surface area contributed by atoms with Crippen molar-refractivity contribution in [2.75, 3.05) is 31.1 Å². The smallest absolute Gasteiger partial charge is 0.289 e. The second kappa shape index (κ2) is 11.9. The Balaban J connectivity index is 1.25. The number of hydrogen-bond acceptors (Lipinski definition) is 8. The van der Waals surface area contributed by atoms with E-state index in [-0.39, 0.29) is 55.2 Å². The van der Waals surface area contributed by atoms with Gasteiger partial charge in [-0.05, 0) is 48.4 Å². The summed E-state index contributed by atoms with van der Waals surface area (Å²) in [5.74, 6) is -0.392. The van der Waals surface area contributed by atoms with E-state index in [0.717, 1.165) is 16.7 Å². The molecule has 0 bridgehead atoms. The molecule has 0 radical (unpaired) electrons. The normalized spacial score (nSPS) is 18.5. The molecular formula is C32H27Cl2N7O5S. The highest BCUT2D eigenvalue weighted by molar-refractivity contribution is 7.89. The zero-order chi connectivity index (χ0) is 32.9. The van der Waals surface area contributed by atoms with Crippen LogP contribution < -0.4 is 4.90 Å². The van der Waals surface area contributed by atoms with Gasteiger partial charge in [-0.2, -0.15) is 4.31 Å². The summed E-state index contributed by atoms with van der Waals surface area (Å²) in [6.45, 7) is 2.14. The Bertz CT molecular complexity index is 2060. The Hall–Kier alpha value is -4.56. The maximum absolute atomic E-state index is 14.4. The van der Waals surface area contributed by atoms with Crippen LogP contribution in [0.1, 0.15) is 23.0 Å². The van der Waals surface area contributed by atoms with Crippen molar-refractivity contribution in [2.24, 2.45) is 0 Å². The number of halogens is 2. The van der Waals surface area contributed by atoms with Crippen molar-refractivity contribution in [1.82, 2.24) is 28.7 Å². The Labute approximate surface area is 280 Å². The number of amides is 2. The number of anilines is 2. The number of furan rings is 1. The molecule has 0 N–H and O–H groups in total. The minimum atomic E-state index is -4.17. The monoisotopic (exact) mass is 691 g/mol. The van der Waals surface area contributed by atoms with Gasteiger partial charge in [0.15, 0.2) is 10.8 Å². The summed E-state index contributed by atoms with van der Waals surface area (Å²) < 4.78 is 36.6. The molecule has 1 saturated heterocycles. The molecule has 0 saturated carbocycles. The molecule has 0 aliphatic carbocycles. The number of sulfonamides is 1. The Kier molecular flexibility index (Phi) is 7.87. The number of benzene rings is 2. The summed E-state index contributed by atoms with van der Waals surface area (Å²) in [7, 11) is -4.17. The maximum atomic E-state index is 14.4. The summed E-state index contributed by atoms with van der Waals surface area (Å²) in [5.41, 5.74) is 1.47. The van der Waals surface area contributed by atoms with Crippen molar-refractivity contribution >= 4 is 56.7 Å². The van der Waals surface area contributed by atoms with Gasteiger partial charge in [0.25, 0.3) is 21.8 Å². The minimum Gasteiger partial charge on any atom is -0.459 e. The number of nitrogens with zero attached hydrogens (tertiary/aromatic N) is 7. The number of fused-ring (bicyclic) bond motifs is 1. The minimum absolute atomic E-state index is 0.0538. The molecule has 1 atom stereocenters. The van der Waals surface area contributed by atoms with Gasteiger partial charge in [0.05, 0.1) is 18.1 Å². The average Bonchev–Trinajstić information content (AvgIpc) is 3.80. The van der Waals surface area contributed by atoms with Gasteiger partial charge in [0.1, 0.15) is 11.9 Å². The highest BCUT2D eigenvalue weighted by Gasteiger charge is 2.52. The van der Waals surface area contributed by atoms with Gasteiger partial charge < -0.3 is 9.32 Å². The van der Waals surface area contributed by atoms with Crippen LogP contribution in [0.2, 0.25) is 10.0 Å². The largest absolute Gasteiger partial charge is 0.459 e. The van der Waals surface area contributed by atoms with Crippen LogP contribution in [-0.4, -0.2) is 75.1 Å². The van der Waals surface area contributed by atoms with Crippen LogP contribution in [0.25, 0.3) is 11.1 Å². The molecule has 2 aliphatic heterocycles. The lowest BCUT2D eigenvalue weighted by molar-refractivity contribution is -0.124. The Morgan fingerprint density at radius 3 is 2.26 bits per heavy atom. The predicted molar refractivity (Wildman–Crippen MR) is 174 cm³/mol. The van der Waals surface area contributed by atoms with E-state index in [9.17, 15) is 18.0 Å². The predicted octanol–water partition coefficient (Wildman–Crippen LogP) is 5.02. The van der Waals surface area contributed by atoms with Crippen LogP contribution in [0.5, 0.6) is 0 Å². The fraction of sp³-hybridized carbons (Fsp3) is 0.219. The molecule has 1 fully saturated rings. The molecule has 240 valence electrons. The van der Waals surface area contributed by atoms with Crippen molar-refractivity contribution in [3.63, 3.8) is 0 Å². The number of carbonyl (C=O) groups is 2. The van der Waals surface area contributed by atoms with Crippen molar-refractivity contribution in [3.05, 3.63) is 107 Å². The zero-order valence-electron chi connectivity index (χ0n) is 25.0. The van der Waals surface area contributed by atoms with E-state index in [2.05, 4.69) is 15.0 Å². The lowest BCUT2D eigenvalue weighted by atomic mass is 9.91. The van der Waals surface area contributed by atoms with Gasteiger partial charge in [0.2, 0.25) is 5.95 Å². The fourth-order valence-corrected chi connectivity index (χ4v) is 8.22. The highest BCUT2D eigenvalue weighted by atomic mass is 35.5. The third kappa shape index (κ3) is 5.48. The first-order valence-corrected chi connectivity index (χ1v) is 16.8. The summed E-state index contributed by atoms with van der Waals surface area (Å²) in [6.07, 6.45) is 7.71. The van der Waals surface area contributed by atoms with Gasteiger partial charge >= 0.3 is 0 Å². The van der Waals surface area contributed by atoms with Crippen molar-refractivity contribution < 1.29 is 22.4 Å². The Morgan fingerprint density at radius 1 is 0.936 bits per heavy atom. The number of hydrogen-bond donors (Lipinski definition) is 0. The van der Waals surface area contributed by atoms with Crippen molar-refractivity contribution in [2.45, 2.75) is 23.9 Å². The number of imidazole rings is 1. The Morgan fingerprint density at radius 2 is 1.62 bits per heavy atom. The summed E-state index contributed by atoms with van der Waals surface area (Å²) in [4.78, 5) is 42.8. The molecule has 1 unspecified atom stereocenters. The second-order valence-electron chi connectivity index (χ2n) is 11.4. The van der Waals surface area contributed by atoms with Gasteiger partial charge in [-0.1, -0.05) is 47.5 Å². The van der Waals surface area contributed by atoms with Crippen molar-refractivity contribution in [1.29, 1.82) is 0 Å². The third-order valence-corrected chi connectivity index (χ3v) is 10.7. The molecule has 7 rings (SSSR count). The molecule has 2 aliphatic rings. The van der Waals surface area contributed by atoms with Crippen molar-refractivity contribution in [3.8, 4) is 11.1 Å². The molecule has 5 heterocycles. The molecule has 2 amide bonds. The number of piperazine rings is 1. The number of aromatic nitrogens is 4. The van der Waals surface area contributed by atoms with Gasteiger partial charge in [0, 0.05) is 60.6 Å². The van der Waals surface area contributed by atoms with Crippen LogP contribution in [0, 0.1) is 0 Å². The SMILES string of the molecule is CC1(Cc2ccc(-c3cncnc3)cc2)C(=O)N(c2cc(Cl)cc(Cl)c2)c2ncc(S(=O)(=O)N3CCN(C(=O)c4ccco4)CC3)n21. The van der Waals surface area contributed by atoms with E-state index in [1.54, 1.807) is 54.5 Å². The van der Waals surface area contributed by atoms with Gasteiger partial charge in [-0.15, -0.1) is 0 Å². The van der Waals surface area contributed by atoms with Gasteiger partial charge in [-0.3, -0.25) is 14.2 Å². The van der Waals surface area contributed by atoms with E-state index in [0.29, 0.717) is 15.7 Å². The molecular weight excluding hydrogens is 665 g/mol. The zero-order valence-corrected chi connectivity index (χ0v) is 27.3. The molecule has 0 spiro atoms. The maximum Gasteiger partial charge on any atom is 0.289 e. The number of rotatable bonds is 7. The van der Waals surface area contributed by atoms with E-state index in [1.165, 1.54) is 32.6 Å². The van der Waals surface area contributed by atoms with E-state index < -0.39 is 21.5 Å². The van der Waals surface area contributed by atoms with Gasteiger partial charge in [-0.25, -0.2) is 28.3 Å². The third-order valence-electron chi connectivity index (χ3n) is 8.43. The molecule has 3 aromatic heterocycles. The molecule has 12 nitrogen and oxygen atoms in total. The van der Waals surface area contributed by atoms with Crippen LogP contribution in [0.15, 0.2) is 95.2 Å². The molecule has 15 heteroatoms. The average molecular weight is 693 g/mol. The number of carbonyl (C=O) groups excluding carboxylic acids is 2. The molecule has 47 heavy (non-hydrogen) atoms. The van der Waals surface area contributed by atoms with Crippen LogP contribution >= 0.6 is 23.2 Å². The summed E-state index contributed by atoms with van der Waals surface area (Å²) in [6, 6.07) is 15.5. The fourth-order valence-electron chi connectivity index (χ4n) is 6.09. The summed E-state index contributed by atoms with van der Waals surface area (Å²) in [5, 5.41) is 0.479. The lowest BCUT2D eigenvalue weighted by Crippen LogP contribution is -2.51. The second-order valence-corrected chi connectivity index (χ2v) is 14.2. The first-order valence-electron chi connectivity index (χ1n) is 14.6. The lowest BCUT2D eigenvalue weighted by Gasteiger charge is -2.34. The van der Waals surface area contributed by atoms with E-state index >= 15 is 0 Å². The van der Waals surface area contributed by atoms with E-state index in [1.807, 2.05) is 24.3 Å². The first-order chi connectivity index (χ1) is 22.6. The van der Waals surface area contributed by atoms with Crippen LogP contribution in [0.4, 0.5) is 11.6 Å². The standard InChI is InChI=1S/C32H27Cl2N7O5S/c1-32(16-21-4-6-22(7-5-21)23-17-35-20-36-18-23)30(43)40(26-14-24(33)13-25(34)15-26)31-37-19-28(41(31)32)47(44,45)39-10-8-38(9-11-39)29(42)27-3-2-12-46-27/h2-7,12-15,17-20H,8-11,16H2,1H3. The summed E-state index contributed by atoms with van der Waals surface area (Å²) >= 11 is 12.6. The quantitative estimate of drug-likeness (QED) is 0.232. The highest BCUT2D eigenvalue weighted by Crippen LogP contribution is 2.45. The van der Waals surface area contributed by atoms with Crippen LogP contribution in [0.3, 0.4) is 0 Å². The van der Waals surface area contributed by atoms with Crippen LogP contribution in [-0.2, 0) is 26.8 Å². The molecule has 5 aromatic rings. The van der Waals surface area contributed by atoms with E-state index in [4.69, 9.17) is 27.6 Å². The molecule has 2 aromatic carbocycles.